The lowest BCUT2D eigenvalue weighted by molar-refractivity contribution is -0.117. The number of anilines is 1. The molecule has 25 heavy (non-hydrogen) atoms. The van der Waals surface area contributed by atoms with Gasteiger partial charge in [-0.3, -0.25) is 4.79 Å². The van der Waals surface area contributed by atoms with E-state index in [4.69, 9.17) is 8.83 Å². The quantitative estimate of drug-likeness (QED) is 0.641. The Morgan fingerprint density at radius 2 is 2.04 bits per heavy atom. The van der Waals surface area contributed by atoms with Gasteiger partial charge in [0.05, 0.1) is 17.1 Å². The molecule has 7 heteroatoms. The summed E-state index contributed by atoms with van der Waals surface area (Å²) in [6.07, 6.45) is 1.57. The molecule has 0 bridgehead atoms. The summed E-state index contributed by atoms with van der Waals surface area (Å²) in [4.78, 5) is 14.3. The summed E-state index contributed by atoms with van der Waals surface area (Å²) in [7, 11) is 1.77. The van der Waals surface area contributed by atoms with Crippen LogP contribution in [0.1, 0.15) is 18.2 Å². The maximum absolute atomic E-state index is 12.6. The number of aromatic nitrogens is 2. The molecule has 3 rings (SSSR count). The number of benzene rings is 1. The van der Waals surface area contributed by atoms with Crippen molar-refractivity contribution >= 4 is 23.4 Å². The summed E-state index contributed by atoms with van der Waals surface area (Å²) in [6, 6.07) is 9.59. The lowest BCUT2D eigenvalue weighted by atomic mass is 10.2. The highest BCUT2D eigenvalue weighted by atomic mass is 32.2. The summed E-state index contributed by atoms with van der Waals surface area (Å²) in [5.74, 6) is 1.07. The van der Waals surface area contributed by atoms with Gasteiger partial charge in [0.1, 0.15) is 5.76 Å². The van der Waals surface area contributed by atoms with Crippen molar-refractivity contribution in [2.24, 2.45) is 0 Å². The van der Waals surface area contributed by atoms with Gasteiger partial charge in [0.25, 0.3) is 11.1 Å². The van der Waals surface area contributed by atoms with Gasteiger partial charge < -0.3 is 13.7 Å². The van der Waals surface area contributed by atoms with E-state index in [1.807, 2.05) is 45.0 Å². The Hall–Kier alpha value is -2.54. The summed E-state index contributed by atoms with van der Waals surface area (Å²) >= 11 is 1.24. The van der Waals surface area contributed by atoms with E-state index in [-0.39, 0.29) is 11.2 Å². The van der Waals surface area contributed by atoms with Crippen LogP contribution in [-0.4, -0.2) is 28.4 Å². The molecule has 0 radical (unpaired) electrons. The fraction of sp³-hybridized carbons (Fsp3) is 0.278. The number of hydrogen-bond donors (Lipinski definition) is 0. The maximum Gasteiger partial charge on any atom is 0.277 e. The smallest absolute Gasteiger partial charge is 0.277 e. The van der Waals surface area contributed by atoms with Gasteiger partial charge >= 0.3 is 0 Å². The molecule has 1 unspecified atom stereocenters. The highest BCUT2D eigenvalue weighted by Gasteiger charge is 2.23. The van der Waals surface area contributed by atoms with Crippen molar-refractivity contribution in [2.75, 3.05) is 11.9 Å². The largest absolute Gasteiger partial charge is 0.469 e. The molecule has 0 aliphatic rings. The van der Waals surface area contributed by atoms with Crippen molar-refractivity contribution in [3.8, 4) is 11.5 Å². The van der Waals surface area contributed by atoms with Crippen LogP contribution in [0.3, 0.4) is 0 Å². The molecule has 2 heterocycles. The first-order valence-corrected chi connectivity index (χ1v) is 8.72. The molecule has 0 saturated heterocycles. The third-order valence-electron chi connectivity index (χ3n) is 3.84. The molecule has 0 saturated carbocycles. The van der Waals surface area contributed by atoms with E-state index in [2.05, 4.69) is 10.2 Å². The molecule has 1 aromatic carbocycles. The van der Waals surface area contributed by atoms with E-state index in [9.17, 15) is 4.79 Å². The van der Waals surface area contributed by atoms with Crippen molar-refractivity contribution in [1.82, 2.24) is 10.2 Å². The molecular formula is C18H19N3O3S. The van der Waals surface area contributed by atoms with Crippen LogP contribution in [-0.2, 0) is 4.79 Å². The van der Waals surface area contributed by atoms with E-state index in [1.165, 1.54) is 11.8 Å². The molecule has 0 fully saturated rings. The number of carbonyl (C=O) groups is 1. The number of thioether (sulfide) groups is 1. The van der Waals surface area contributed by atoms with Gasteiger partial charge in [-0.1, -0.05) is 23.9 Å². The normalized spacial score (nSPS) is 12.2. The third kappa shape index (κ3) is 3.76. The van der Waals surface area contributed by atoms with E-state index >= 15 is 0 Å². The minimum absolute atomic E-state index is 0.0326. The van der Waals surface area contributed by atoms with E-state index in [0.29, 0.717) is 16.9 Å². The highest BCUT2D eigenvalue weighted by molar-refractivity contribution is 8.00. The van der Waals surface area contributed by atoms with Crippen molar-refractivity contribution in [3.63, 3.8) is 0 Å². The number of aryl methyl sites for hydroxylation is 2. The Morgan fingerprint density at radius 3 is 2.72 bits per heavy atom. The zero-order valence-electron chi connectivity index (χ0n) is 14.5. The molecule has 6 nitrogen and oxygen atoms in total. The van der Waals surface area contributed by atoms with Gasteiger partial charge in [0, 0.05) is 12.7 Å². The van der Waals surface area contributed by atoms with E-state index in [1.54, 1.807) is 24.3 Å². The summed E-state index contributed by atoms with van der Waals surface area (Å²) in [6.45, 7) is 5.65. The number of carbonyl (C=O) groups excluding carboxylic acids is 1. The van der Waals surface area contributed by atoms with Gasteiger partial charge in [-0.15, -0.1) is 10.2 Å². The fourth-order valence-corrected chi connectivity index (χ4v) is 3.19. The highest BCUT2D eigenvalue weighted by Crippen LogP contribution is 2.29. The van der Waals surface area contributed by atoms with Crippen molar-refractivity contribution in [2.45, 2.75) is 31.2 Å². The molecule has 130 valence electrons. The van der Waals surface area contributed by atoms with Crippen LogP contribution in [0.15, 0.2) is 50.7 Å². The standard InChI is InChI=1S/C18H19N3O3S/c1-11-6-5-7-14(10-11)21(4)17(22)13(3)25-18-20-19-16(24-18)15-8-9-23-12(15)2/h5-10,13H,1-4H3. The molecule has 1 atom stereocenters. The van der Waals surface area contributed by atoms with Crippen molar-refractivity contribution < 1.29 is 13.6 Å². The summed E-state index contributed by atoms with van der Waals surface area (Å²) < 4.78 is 10.9. The number of nitrogens with zero attached hydrogens (tertiary/aromatic N) is 3. The van der Waals surface area contributed by atoms with Gasteiger partial charge in [0.2, 0.25) is 5.91 Å². The molecule has 0 aliphatic heterocycles. The van der Waals surface area contributed by atoms with Crippen LogP contribution in [0.2, 0.25) is 0 Å². The predicted octanol–water partition coefficient (Wildman–Crippen LogP) is 4.09. The lowest BCUT2D eigenvalue weighted by Crippen LogP contribution is -2.33. The Bertz CT molecular complexity index is 887. The molecule has 2 aromatic heterocycles. The summed E-state index contributed by atoms with van der Waals surface area (Å²) in [5, 5.41) is 8.04. The molecule has 0 aliphatic carbocycles. The number of hydrogen-bond acceptors (Lipinski definition) is 6. The first-order valence-electron chi connectivity index (χ1n) is 7.84. The van der Waals surface area contributed by atoms with Crippen LogP contribution >= 0.6 is 11.8 Å². The lowest BCUT2D eigenvalue weighted by Gasteiger charge is -2.20. The minimum Gasteiger partial charge on any atom is -0.469 e. The van der Waals surface area contributed by atoms with Crippen LogP contribution in [0, 0.1) is 13.8 Å². The van der Waals surface area contributed by atoms with Crippen LogP contribution < -0.4 is 4.90 Å². The van der Waals surface area contributed by atoms with Gasteiger partial charge in [0.15, 0.2) is 0 Å². The molecule has 0 N–H and O–H groups in total. The molecule has 3 aromatic rings. The maximum atomic E-state index is 12.6. The average molecular weight is 357 g/mol. The SMILES string of the molecule is Cc1cccc(N(C)C(=O)C(C)Sc2nnc(-c3ccoc3C)o2)c1. The average Bonchev–Trinajstić information content (AvgIpc) is 3.22. The number of rotatable bonds is 5. The summed E-state index contributed by atoms with van der Waals surface area (Å²) in [5.41, 5.74) is 2.72. The Balaban J connectivity index is 1.69. The Kier molecular flexibility index (Phi) is 4.94. The first-order chi connectivity index (χ1) is 12.0. The van der Waals surface area contributed by atoms with Gasteiger partial charge in [-0.25, -0.2) is 0 Å². The van der Waals surface area contributed by atoms with Gasteiger partial charge in [-0.2, -0.15) is 0 Å². The first kappa shape index (κ1) is 17.3. The Morgan fingerprint density at radius 1 is 1.24 bits per heavy atom. The monoisotopic (exact) mass is 357 g/mol. The third-order valence-corrected chi connectivity index (χ3v) is 4.76. The van der Waals surface area contributed by atoms with Gasteiger partial charge in [-0.05, 0) is 44.5 Å². The fourth-order valence-electron chi connectivity index (χ4n) is 2.41. The molecule has 1 amide bonds. The predicted molar refractivity (Wildman–Crippen MR) is 96.6 cm³/mol. The second kappa shape index (κ2) is 7.14. The zero-order valence-corrected chi connectivity index (χ0v) is 15.3. The van der Waals surface area contributed by atoms with Crippen molar-refractivity contribution in [3.05, 3.63) is 47.9 Å². The number of furan rings is 1. The second-order valence-corrected chi connectivity index (χ2v) is 7.05. The van der Waals surface area contributed by atoms with Crippen molar-refractivity contribution in [1.29, 1.82) is 0 Å². The topological polar surface area (TPSA) is 72.4 Å². The van der Waals surface area contributed by atoms with E-state index in [0.717, 1.165) is 16.8 Å². The zero-order chi connectivity index (χ0) is 18.0. The molecular weight excluding hydrogens is 338 g/mol. The van der Waals surface area contributed by atoms with E-state index < -0.39 is 0 Å². The number of amides is 1. The Labute approximate surface area is 150 Å². The molecule has 0 spiro atoms. The minimum atomic E-state index is -0.357. The van der Waals surface area contributed by atoms with Crippen LogP contribution in [0.4, 0.5) is 5.69 Å². The van der Waals surface area contributed by atoms with Crippen LogP contribution in [0.5, 0.6) is 0 Å². The van der Waals surface area contributed by atoms with Crippen LogP contribution in [0.25, 0.3) is 11.5 Å². The second-order valence-electron chi connectivity index (χ2n) is 5.76.